The molecule has 2 aromatic rings. The van der Waals surface area contributed by atoms with Gasteiger partial charge in [0.25, 0.3) is 0 Å². The van der Waals surface area contributed by atoms with E-state index in [4.69, 9.17) is 18.7 Å². The molecule has 0 N–H and O–H groups in total. The molecular weight excluding hydrogens is 452 g/mol. The minimum absolute atomic E-state index is 0.0244. The Hall–Kier alpha value is -2.92. The Morgan fingerprint density at radius 1 is 1.15 bits per heavy atom. The van der Waals surface area contributed by atoms with Crippen LogP contribution < -0.4 is 9.47 Å². The predicted molar refractivity (Wildman–Crippen MR) is 115 cm³/mol. The van der Waals surface area contributed by atoms with Crippen molar-refractivity contribution in [3.05, 3.63) is 35.2 Å². The van der Waals surface area contributed by atoms with Crippen LogP contribution in [-0.4, -0.2) is 62.5 Å². The topological polar surface area (TPSA) is 125 Å². The number of carbonyl (C=O) groups excluding carboxylic acids is 2. The number of fused-ring (bicyclic) bond motifs is 1. The number of nitrogens with zero attached hydrogens (tertiary/aromatic N) is 2. The van der Waals surface area contributed by atoms with Crippen molar-refractivity contribution in [3.63, 3.8) is 0 Å². The monoisotopic (exact) mass is 478 g/mol. The van der Waals surface area contributed by atoms with E-state index in [9.17, 15) is 18.0 Å². The second kappa shape index (κ2) is 9.52. The Morgan fingerprint density at radius 3 is 2.64 bits per heavy atom. The van der Waals surface area contributed by atoms with Crippen LogP contribution in [0.25, 0.3) is 0 Å². The van der Waals surface area contributed by atoms with Gasteiger partial charge in [-0.1, -0.05) is 5.16 Å². The predicted octanol–water partition coefficient (Wildman–Crippen LogP) is 2.28. The molecule has 1 fully saturated rings. The highest BCUT2D eigenvalue weighted by Crippen LogP contribution is 2.31. The maximum Gasteiger partial charge on any atom is 0.310 e. The molecule has 1 aromatic carbocycles. The number of Topliss-reactive ketones (excluding diaryl/α,β-unsaturated/α-hetero) is 1. The molecule has 3 heterocycles. The lowest BCUT2D eigenvalue weighted by molar-refractivity contribution is -0.148. The van der Waals surface area contributed by atoms with Crippen LogP contribution in [0.2, 0.25) is 0 Å². The number of piperidine rings is 1. The molecule has 4 rings (SSSR count). The standard InChI is InChI=1S/C22H26N2O8S/c1-14-21(15(2)32-23-14)33(27,28)24-8-3-5-17(12-24)22(26)31-13-18(25)16-6-7-19-20(11-16)30-10-4-9-29-19/h6-7,11,17H,3-5,8-10,12-13H2,1-2H3. The first-order valence-electron chi connectivity index (χ1n) is 10.8. The molecule has 0 bridgehead atoms. The summed E-state index contributed by atoms with van der Waals surface area (Å²) >= 11 is 0. The summed E-state index contributed by atoms with van der Waals surface area (Å²) in [4.78, 5) is 25.2. The lowest BCUT2D eigenvalue weighted by atomic mass is 10.00. The summed E-state index contributed by atoms with van der Waals surface area (Å²) < 4.78 is 48.7. The Kier molecular flexibility index (Phi) is 6.71. The molecule has 0 saturated carbocycles. The lowest BCUT2D eigenvalue weighted by Crippen LogP contribution is -2.43. The van der Waals surface area contributed by atoms with E-state index in [1.807, 2.05) is 0 Å². The average Bonchev–Trinajstić information content (AvgIpc) is 3.00. The largest absolute Gasteiger partial charge is 0.490 e. The first-order valence-corrected chi connectivity index (χ1v) is 12.2. The molecule has 0 aliphatic carbocycles. The minimum atomic E-state index is -3.86. The van der Waals surface area contributed by atoms with Crippen LogP contribution in [0.1, 0.15) is 41.1 Å². The van der Waals surface area contributed by atoms with E-state index in [-0.39, 0.29) is 35.2 Å². The fraction of sp³-hybridized carbons (Fsp3) is 0.500. The van der Waals surface area contributed by atoms with Crippen molar-refractivity contribution < 1.29 is 36.7 Å². The quantitative estimate of drug-likeness (QED) is 0.454. The highest BCUT2D eigenvalue weighted by Gasteiger charge is 2.37. The van der Waals surface area contributed by atoms with E-state index in [2.05, 4.69) is 5.16 Å². The molecule has 1 saturated heterocycles. The van der Waals surface area contributed by atoms with Crippen LogP contribution in [0.3, 0.4) is 0 Å². The number of hydrogen-bond acceptors (Lipinski definition) is 9. The molecule has 0 amide bonds. The van der Waals surface area contributed by atoms with Crippen molar-refractivity contribution in [1.29, 1.82) is 0 Å². The van der Waals surface area contributed by atoms with E-state index < -0.39 is 28.5 Å². The summed E-state index contributed by atoms with van der Waals surface area (Å²) in [5.41, 5.74) is 0.622. The van der Waals surface area contributed by atoms with Crippen molar-refractivity contribution >= 4 is 21.8 Å². The van der Waals surface area contributed by atoms with Crippen LogP contribution in [0.4, 0.5) is 0 Å². The fourth-order valence-corrected chi connectivity index (χ4v) is 5.81. The highest BCUT2D eigenvalue weighted by molar-refractivity contribution is 7.89. The molecule has 0 radical (unpaired) electrons. The molecule has 1 aromatic heterocycles. The van der Waals surface area contributed by atoms with Gasteiger partial charge in [-0.15, -0.1) is 0 Å². The number of aryl methyl sites for hydroxylation is 2. The summed E-state index contributed by atoms with van der Waals surface area (Å²) in [5.74, 6) is -0.380. The average molecular weight is 479 g/mol. The Balaban J connectivity index is 1.38. The maximum atomic E-state index is 13.0. The fourth-order valence-electron chi connectivity index (χ4n) is 4.00. The Labute approximate surface area is 191 Å². The zero-order valence-electron chi connectivity index (χ0n) is 18.5. The van der Waals surface area contributed by atoms with Gasteiger partial charge < -0.3 is 18.7 Å². The van der Waals surface area contributed by atoms with E-state index >= 15 is 0 Å². The number of hydrogen-bond donors (Lipinski definition) is 0. The number of rotatable bonds is 6. The number of ketones is 1. The van der Waals surface area contributed by atoms with Crippen molar-refractivity contribution in [3.8, 4) is 11.5 Å². The van der Waals surface area contributed by atoms with Crippen molar-refractivity contribution in [1.82, 2.24) is 9.46 Å². The zero-order valence-corrected chi connectivity index (χ0v) is 19.4. The van der Waals surface area contributed by atoms with Gasteiger partial charge in [0, 0.05) is 25.1 Å². The maximum absolute atomic E-state index is 13.0. The molecule has 178 valence electrons. The number of ether oxygens (including phenoxy) is 3. The molecular formula is C22H26N2O8S. The SMILES string of the molecule is Cc1noc(C)c1S(=O)(=O)N1CCCC(C(=O)OCC(=O)c2ccc3c(c2)OCCCO3)C1. The third-order valence-corrected chi connectivity index (χ3v) is 7.81. The van der Waals surface area contributed by atoms with Gasteiger partial charge in [0.05, 0.1) is 19.1 Å². The van der Waals surface area contributed by atoms with Gasteiger partial charge >= 0.3 is 5.97 Å². The lowest BCUT2D eigenvalue weighted by Gasteiger charge is -2.30. The molecule has 1 atom stereocenters. The van der Waals surface area contributed by atoms with E-state index in [0.717, 1.165) is 6.42 Å². The minimum Gasteiger partial charge on any atom is -0.490 e. The summed E-state index contributed by atoms with van der Waals surface area (Å²) in [5, 5.41) is 3.71. The third-order valence-electron chi connectivity index (χ3n) is 5.70. The third kappa shape index (κ3) is 4.88. The van der Waals surface area contributed by atoms with Gasteiger partial charge in [0.1, 0.15) is 10.6 Å². The molecule has 2 aliphatic rings. The van der Waals surface area contributed by atoms with E-state index in [0.29, 0.717) is 43.1 Å². The summed E-state index contributed by atoms with van der Waals surface area (Å²) in [7, 11) is -3.86. The normalized spacial score (nSPS) is 19.0. The second-order valence-corrected chi connectivity index (χ2v) is 9.97. The molecule has 1 unspecified atom stereocenters. The van der Waals surface area contributed by atoms with Gasteiger partial charge in [-0.3, -0.25) is 9.59 Å². The molecule has 0 spiro atoms. The first kappa shape index (κ1) is 23.2. The Morgan fingerprint density at radius 2 is 1.91 bits per heavy atom. The van der Waals surface area contributed by atoms with Crippen LogP contribution in [0.5, 0.6) is 11.5 Å². The van der Waals surface area contributed by atoms with Gasteiger partial charge in [-0.25, -0.2) is 8.42 Å². The molecule has 11 heteroatoms. The summed E-state index contributed by atoms with van der Waals surface area (Å²) in [6.07, 6.45) is 1.73. The van der Waals surface area contributed by atoms with Crippen LogP contribution in [-0.2, 0) is 19.6 Å². The molecule has 10 nitrogen and oxygen atoms in total. The van der Waals surface area contributed by atoms with Crippen molar-refractivity contribution in [2.24, 2.45) is 5.92 Å². The van der Waals surface area contributed by atoms with Crippen molar-refractivity contribution in [2.45, 2.75) is 38.0 Å². The number of aromatic nitrogens is 1. The van der Waals surface area contributed by atoms with Crippen LogP contribution in [0, 0.1) is 19.8 Å². The first-order chi connectivity index (χ1) is 15.8. The van der Waals surface area contributed by atoms with Gasteiger partial charge in [-0.2, -0.15) is 4.31 Å². The summed E-state index contributed by atoms with van der Waals surface area (Å²) in [6, 6.07) is 4.84. The smallest absolute Gasteiger partial charge is 0.310 e. The van der Waals surface area contributed by atoms with E-state index in [1.165, 1.54) is 11.2 Å². The van der Waals surface area contributed by atoms with E-state index in [1.54, 1.807) is 25.1 Å². The van der Waals surface area contributed by atoms with Crippen molar-refractivity contribution in [2.75, 3.05) is 32.9 Å². The highest BCUT2D eigenvalue weighted by atomic mass is 32.2. The van der Waals surface area contributed by atoms with Crippen LogP contribution >= 0.6 is 0 Å². The number of sulfonamides is 1. The second-order valence-electron chi connectivity index (χ2n) is 8.10. The Bertz CT molecular complexity index is 1140. The van der Waals surface area contributed by atoms with Crippen LogP contribution in [0.15, 0.2) is 27.6 Å². The van der Waals surface area contributed by atoms with Gasteiger partial charge in [0.15, 0.2) is 29.6 Å². The number of carbonyl (C=O) groups is 2. The number of esters is 1. The van der Waals surface area contributed by atoms with Gasteiger partial charge in [0.2, 0.25) is 10.0 Å². The summed E-state index contributed by atoms with van der Waals surface area (Å²) in [6.45, 7) is 3.95. The van der Waals surface area contributed by atoms with Gasteiger partial charge in [-0.05, 0) is 44.9 Å². The zero-order chi connectivity index (χ0) is 23.6. The number of benzene rings is 1. The molecule has 33 heavy (non-hydrogen) atoms. The molecule has 2 aliphatic heterocycles.